The number of rotatable bonds is 7. The van der Waals surface area contributed by atoms with Gasteiger partial charge in [-0.05, 0) is 31.1 Å². The Morgan fingerprint density at radius 3 is 2.89 bits per heavy atom. The lowest BCUT2D eigenvalue weighted by atomic mass is 10.2. The number of aromatic nitrogens is 2. The Balaban J connectivity index is 2.10. The van der Waals surface area contributed by atoms with E-state index < -0.39 is 0 Å². The average molecular weight is 419 g/mol. The van der Waals surface area contributed by atoms with Gasteiger partial charge in [-0.2, -0.15) is 0 Å². The molecule has 0 atom stereocenters. The summed E-state index contributed by atoms with van der Waals surface area (Å²) in [6.45, 7) is 4.63. The first-order chi connectivity index (χ1) is 13.5. The molecule has 1 aliphatic rings. The lowest BCUT2D eigenvalue weighted by Gasteiger charge is -2.13. The van der Waals surface area contributed by atoms with Crippen LogP contribution in [0.1, 0.15) is 30.9 Å². The van der Waals surface area contributed by atoms with Gasteiger partial charge >= 0.3 is 0 Å². The van der Waals surface area contributed by atoms with E-state index in [-0.39, 0.29) is 30.2 Å². The number of carbonyl (C=O) groups excluding carboxylic acids is 1. The number of aryl methyl sites for hydroxylation is 1. The molecule has 9 heteroatoms. The zero-order valence-electron chi connectivity index (χ0n) is 15.8. The van der Waals surface area contributed by atoms with Crippen LogP contribution in [0, 0.1) is 6.92 Å². The van der Waals surface area contributed by atoms with E-state index in [9.17, 15) is 9.59 Å². The number of amides is 1. The van der Waals surface area contributed by atoms with Crippen LogP contribution in [-0.4, -0.2) is 49.3 Å². The van der Waals surface area contributed by atoms with Crippen LogP contribution in [0.25, 0.3) is 11.7 Å². The maximum atomic E-state index is 13.1. The topological polar surface area (TPSA) is 86.9 Å². The first-order valence-corrected chi connectivity index (χ1v) is 10.3. The van der Waals surface area contributed by atoms with Crippen molar-refractivity contribution < 1.29 is 9.90 Å². The number of nitrogens with zero attached hydrogens (tertiary/aromatic N) is 3. The Labute approximate surface area is 172 Å². The molecule has 1 saturated heterocycles. The highest BCUT2D eigenvalue weighted by molar-refractivity contribution is 8.26. The molecule has 0 bridgehead atoms. The highest BCUT2D eigenvalue weighted by Gasteiger charge is 2.32. The predicted octanol–water partition coefficient (Wildman–Crippen LogP) is 2.41. The van der Waals surface area contributed by atoms with E-state index in [1.165, 1.54) is 16.2 Å². The van der Waals surface area contributed by atoms with Gasteiger partial charge in [-0.1, -0.05) is 43.4 Å². The maximum Gasteiger partial charge on any atom is 0.267 e. The Hall–Kier alpha value is -2.23. The van der Waals surface area contributed by atoms with Gasteiger partial charge in [0.05, 0.1) is 17.1 Å². The van der Waals surface area contributed by atoms with Gasteiger partial charge in [-0.3, -0.25) is 18.9 Å². The monoisotopic (exact) mass is 418 g/mol. The molecule has 0 saturated carbocycles. The first-order valence-electron chi connectivity index (χ1n) is 9.10. The molecule has 7 nitrogen and oxygen atoms in total. The standard InChI is InChI=1S/C19H22N4O3S2/c1-3-4-8-23-18(26)14(28-19(23)27)11-13-15(20-7-10-24)21-16-12(2)6-5-9-22(16)17(13)25/h5-6,9,11,20,24H,3-4,7-8,10H2,1-2H3/b14-11+. The molecule has 0 aromatic carbocycles. The number of thioether (sulfide) groups is 1. The third-order valence-corrected chi connectivity index (χ3v) is 5.75. The van der Waals surface area contributed by atoms with Gasteiger partial charge < -0.3 is 10.4 Å². The highest BCUT2D eigenvalue weighted by Crippen LogP contribution is 2.33. The van der Waals surface area contributed by atoms with Crippen molar-refractivity contribution >= 4 is 51.7 Å². The largest absolute Gasteiger partial charge is 0.395 e. The van der Waals surface area contributed by atoms with Gasteiger partial charge in [-0.25, -0.2) is 4.98 Å². The van der Waals surface area contributed by atoms with E-state index in [0.29, 0.717) is 27.2 Å². The van der Waals surface area contributed by atoms with Crippen LogP contribution in [0.5, 0.6) is 0 Å². The van der Waals surface area contributed by atoms with Crippen LogP contribution >= 0.6 is 24.0 Å². The SMILES string of the molecule is CCCCN1C(=O)/C(=C\c2c(NCCO)nc3c(C)cccn3c2=O)SC1=S. The van der Waals surface area contributed by atoms with Crippen LogP contribution < -0.4 is 10.9 Å². The number of unbranched alkanes of at least 4 members (excludes halogenated alkanes) is 1. The summed E-state index contributed by atoms with van der Waals surface area (Å²) >= 11 is 6.53. The summed E-state index contributed by atoms with van der Waals surface area (Å²) in [5.74, 6) is 0.150. The molecule has 0 radical (unpaired) electrons. The molecule has 148 valence electrons. The Morgan fingerprint density at radius 1 is 1.39 bits per heavy atom. The smallest absolute Gasteiger partial charge is 0.267 e. The normalized spacial score (nSPS) is 15.8. The molecule has 2 aromatic heterocycles. The van der Waals surface area contributed by atoms with Crippen molar-refractivity contribution in [1.29, 1.82) is 0 Å². The molecule has 2 N–H and O–H groups in total. The maximum absolute atomic E-state index is 13.1. The number of hydrogen-bond acceptors (Lipinski definition) is 7. The number of pyridine rings is 1. The van der Waals surface area contributed by atoms with Crippen LogP contribution in [0.2, 0.25) is 0 Å². The quantitative estimate of drug-likeness (QED) is 0.527. The van der Waals surface area contributed by atoms with E-state index in [0.717, 1.165) is 18.4 Å². The highest BCUT2D eigenvalue weighted by atomic mass is 32.2. The Morgan fingerprint density at radius 2 is 2.18 bits per heavy atom. The average Bonchev–Trinajstić information content (AvgIpc) is 2.94. The summed E-state index contributed by atoms with van der Waals surface area (Å²) in [7, 11) is 0. The van der Waals surface area contributed by atoms with E-state index in [1.54, 1.807) is 23.2 Å². The van der Waals surface area contributed by atoms with Crippen molar-refractivity contribution in [3.63, 3.8) is 0 Å². The van der Waals surface area contributed by atoms with E-state index in [1.807, 2.05) is 13.0 Å². The second kappa shape index (κ2) is 8.85. The van der Waals surface area contributed by atoms with Crippen molar-refractivity contribution in [1.82, 2.24) is 14.3 Å². The minimum atomic E-state index is -0.284. The summed E-state index contributed by atoms with van der Waals surface area (Å²) in [6.07, 6.45) is 5.02. The Bertz CT molecular complexity index is 1020. The zero-order valence-corrected chi connectivity index (χ0v) is 17.4. The number of hydrogen-bond donors (Lipinski definition) is 2. The minimum absolute atomic E-state index is 0.104. The third-order valence-electron chi connectivity index (χ3n) is 4.37. The molecule has 28 heavy (non-hydrogen) atoms. The Kier molecular flexibility index (Phi) is 6.48. The number of aliphatic hydroxyl groups is 1. The fourth-order valence-corrected chi connectivity index (χ4v) is 4.18. The second-order valence-corrected chi connectivity index (χ2v) is 8.08. The molecule has 3 heterocycles. The van der Waals surface area contributed by atoms with Gasteiger partial charge in [0.25, 0.3) is 11.5 Å². The summed E-state index contributed by atoms with van der Waals surface area (Å²) in [6, 6.07) is 3.65. The molecule has 1 aliphatic heterocycles. The molecule has 0 unspecified atom stereocenters. The summed E-state index contributed by atoms with van der Waals surface area (Å²) < 4.78 is 1.96. The summed E-state index contributed by atoms with van der Waals surface area (Å²) in [4.78, 5) is 32.4. The van der Waals surface area contributed by atoms with Crippen molar-refractivity contribution in [2.45, 2.75) is 26.7 Å². The number of carbonyl (C=O) groups is 1. The lowest BCUT2D eigenvalue weighted by molar-refractivity contribution is -0.122. The summed E-state index contributed by atoms with van der Waals surface area (Å²) in [5.41, 5.74) is 1.37. The molecular formula is C19H22N4O3S2. The van der Waals surface area contributed by atoms with Gasteiger partial charge in [0, 0.05) is 19.3 Å². The van der Waals surface area contributed by atoms with Crippen LogP contribution in [0.3, 0.4) is 0 Å². The van der Waals surface area contributed by atoms with Gasteiger partial charge in [0.15, 0.2) is 0 Å². The van der Waals surface area contributed by atoms with Crippen molar-refractivity contribution in [3.8, 4) is 0 Å². The predicted molar refractivity (Wildman–Crippen MR) is 117 cm³/mol. The lowest BCUT2D eigenvalue weighted by Crippen LogP contribution is -2.29. The second-order valence-electron chi connectivity index (χ2n) is 6.40. The van der Waals surface area contributed by atoms with Crippen molar-refractivity contribution in [2.75, 3.05) is 25.0 Å². The fourth-order valence-electron chi connectivity index (χ4n) is 2.89. The zero-order chi connectivity index (χ0) is 20.3. The molecule has 2 aromatic rings. The van der Waals surface area contributed by atoms with Crippen molar-refractivity contribution in [2.24, 2.45) is 0 Å². The van der Waals surface area contributed by atoms with Crippen molar-refractivity contribution in [3.05, 3.63) is 44.7 Å². The molecule has 0 aliphatic carbocycles. The van der Waals surface area contributed by atoms with Gasteiger partial charge in [0.1, 0.15) is 15.8 Å². The van der Waals surface area contributed by atoms with Crippen LogP contribution in [-0.2, 0) is 4.79 Å². The fraction of sp³-hybridized carbons (Fsp3) is 0.368. The number of thiocarbonyl (C=S) groups is 1. The molecular weight excluding hydrogens is 396 g/mol. The van der Waals surface area contributed by atoms with E-state index in [4.69, 9.17) is 17.3 Å². The van der Waals surface area contributed by atoms with Gasteiger partial charge in [-0.15, -0.1) is 0 Å². The van der Waals surface area contributed by atoms with Crippen LogP contribution in [0.15, 0.2) is 28.0 Å². The number of fused-ring (bicyclic) bond motifs is 1. The number of aliphatic hydroxyl groups excluding tert-OH is 1. The first kappa shape index (κ1) is 20.5. The van der Waals surface area contributed by atoms with E-state index in [2.05, 4.69) is 17.2 Å². The minimum Gasteiger partial charge on any atom is -0.395 e. The molecule has 1 fully saturated rings. The molecule has 0 spiro atoms. The summed E-state index contributed by atoms with van der Waals surface area (Å²) in [5, 5.41) is 12.1. The van der Waals surface area contributed by atoms with Crippen LogP contribution in [0.4, 0.5) is 5.82 Å². The van der Waals surface area contributed by atoms with Gasteiger partial charge in [0.2, 0.25) is 0 Å². The number of anilines is 1. The third kappa shape index (κ3) is 3.96. The molecule has 1 amide bonds. The number of nitrogens with one attached hydrogen (secondary N) is 1. The molecule has 3 rings (SSSR count). The van der Waals surface area contributed by atoms with E-state index >= 15 is 0 Å².